The minimum absolute atomic E-state index is 0.0293. The van der Waals surface area contributed by atoms with Crippen molar-refractivity contribution in [2.45, 2.75) is 19.3 Å². The van der Waals surface area contributed by atoms with Crippen LogP contribution in [0.2, 0.25) is 0 Å². The first kappa shape index (κ1) is 18.1. The number of nitrogens with zero attached hydrogens (tertiary/aromatic N) is 1. The first-order chi connectivity index (χ1) is 12.6. The van der Waals surface area contributed by atoms with Crippen molar-refractivity contribution in [2.24, 2.45) is 11.7 Å². The van der Waals surface area contributed by atoms with Gasteiger partial charge in [0.1, 0.15) is 0 Å². The van der Waals surface area contributed by atoms with E-state index in [9.17, 15) is 9.59 Å². The molecule has 0 aromatic heterocycles. The van der Waals surface area contributed by atoms with Crippen LogP contribution in [0.15, 0.2) is 54.6 Å². The van der Waals surface area contributed by atoms with Crippen LogP contribution in [0.5, 0.6) is 0 Å². The topological polar surface area (TPSA) is 75.4 Å². The largest absolute Gasteiger partial charge is 0.366 e. The van der Waals surface area contributed by atoms with E-state index in [4.69, 9.17) is 5.73 Å². The maximum Gasteiger partial charge on any atom is 0.248 e. The molecule has 0 saturated carbocycles. The molecule has 0 aliphatic carbocycles. The van der Waals surface area contributed by atoms with Gasteiger partial charge in [-0.3, -0.25) is 14.5 Å². The van der Waals surface area contributed by atoms with E-state index >= 15 is 0 Å². The number of piperidine rings is 1. The van der Waals surface area contributed by atoms with E-state index in [-0.39, 0.29) is 5.91 Å². The number of amides is 2. The Morgan fingerprint density at radius 3 is 2.27 bits per heavy atom. The van der Waals surface area contributed by atoms with Crippen LogP contribution in [0.4, 0.5) is 5.69 Å². The van der Waals surface area contributed by atoms with Crippen molar-refractivity contribution in [3.8, 4) is 0 Å². The number of hydrogen-bond acceptors (Lipinski definition) is 3. The fraction of sp³-hybridized carbons (Fsp3) is 0.333. The van der Waals surface area contributed by atoms with E-state index in [1.807, 2.05) is 6.07 Å². The van der Waals surface area contributed by atoms with Crippen LogP contribution in [-0.4, -0.2) is 36.3 Å². The van der Waals surface area contributed by atoms with E-state index < -0.39 is 5.91 Å². The molecule has 5 nitrogen and oxygen atoms in total. The van der Waals surface area contributed by atoms with E-state index in [1.54, 1.807) is 24.3 Å². The molecule has 0 bridgehead atoms. The third-order valence-corrected chi connectivity index (χ3v) is 4.89. The molecule has 1 saturated heterocycles. The number of nitrogens with one attached hydrogen (secondary N) is 1. The van der Waals surface area contributed by atoms with Gasteiger partial charge in [0.25, 0.3) is 0 Å². The molecule has 5 heteroatoms. The van der Waals surface area contributed by atoms with E-state index in [0.29, 0.717) is 23.7 Å². The normalized spacial score (nSPS) is 15.5. The standard InChI is InChI=1S/C21H25N3O2/c22-21(26)18-6-8-19(9-7-18)23-20(25)15-24-12-10-17(11-13-24)14-16-4-2-1-3-5-16/h1-9,17H,10-15H2,(H2,22,26)(H,23,25). The second kappa shape index (κ2) is 8.63. The summed E-state index contributed by atoms with van der Waals surface area (Å²) in [4.78, 5) is 25.5. The molecule has 26 heavy (non-hydrogen) atoms. The summed E-state index contributed by atoms with van der Waals surface area (Å²) in [5, 5.41) is 2.87. The Kier molecular flexibility index (Phi) is 6.02. The Balaban J connectivity index is 1.42. The highest BCUT2D eigenvalue weighted by Crippen LogP contribution is 2.21. The zero-order valence-electron chi connectivity index (χ0n) is 14.9. The molecule has 136 valence electrons. The van der Waals surface area contributed by atoms with Gasteiger partial charge in [0.05, 0.1) is 6.54 Å². The SMILES string of the molecule is NC(=O)c1ccc(NC(=O)CN2CCC(Cc3ccccc3)CC2)cc1. The minimum Gasteiger partial charge on any atom is -0.366 e. The van der Waals surface area contributed by atoms with Crippen LogP contribution >= 0.6 is 0 Å². The molecular formula is C21H25N3O2. The summed E-state index contributed by atoms with van der Waals surface area (Å²) < 4.78 is 0. The first-order valence-corrected chi connectivity index (χ1v) is 9.06. The van der Waals surface area contributed by atoms with Crippen molar-refractivity contribution in [3.63, 3.8) is 0 Å². The lowest BCUT2D eigenvalue weighted by Crippen LogP contribution is -2.39. The average Bonchev–Trinajstić information content (AvgIpc) is 2.64. The number of likely N-dealkylation sites (tertiary alicyclic amines) is 1. The van der Waals surface area contributed by atoms with Crippen LogP contribution in [0.3, 0.4) is 0 Å². The molecule has 0 unspecified atom stereocenters. The van der Waals surface area contributed by atoms with Gasteiger partial charge < -0.3 is 11.1 Å². The fourth-order valence-electron chi connectivity index (χ4n) is 3.42. The Hall–Kier alpha value is -2.66. The molecule has 3 N–H and O–H groups in total. The predicted molar refractivity (Wildman–Crippen MR) is 103 cm³/mol. The van der Waals surface area contributed by atoms with Gasteiger partial charge in [-0.2, -0.15) is 0 Å². The molecule has 1 heterocycles. The summed E-state index contributed by atoms with van der Waals surface area (Å²) in [5.74, 6) is 0.192. The summed E-state index contributed by atoms with van der Waals surface area (Å²) in [7, 11) is 0. The van der Waals surface area contributed by atoms with Crippen molar-refractivity contribution in [3.05, 3.63) is 65.7 Å². The Labute approximate surface area is 154 Å². The maximum atomic E-state index is 12.2. The number of rotatable bonds is 6. The molecule has 0 radical (unpaired) electrons. The number of benzene rings is 2. The maximum absolute atomic E-state index is 12.2. The first-order valence-electron chi connectivity index (χ1n) is 9.06. The molecule has 1 fully saturated rings. The Morgan fingerprint density at radius 1 is 1.00 bits per heavy atom. The molecule has 0 atom stereocenters. The number of primary amides is 1. The zero-order chi connectivity index (χ0) is 18.4. The highest BCUT2D eigenvalue weighted by atomic mass is 16.2. The van der Waals surface area contributed by atoms with Gasteiger partial charge in [0.2, 0.25) is 11.8 Å². The van der Waals surface area contributed by atoms with Gasteiger partial charge in [-0.25, -0.2) is 0 Å². The molecule has 1 aliphatic rings. The van der Waals surface area contributed by atoms with Crippen LogP contribution < -0.4 is 11.1 Å². The summed E-state index contributed by atoms with van der Waals surface area (Å²) in [5.41, 5.74) is 7.72. The van der Waals surface area contributed by atoms with Gasteiger partial charge in [-0.1, -0.05) is 30.3 Å². The fourth-order valence-corrected chi connectivity index (χ4v) is 3.42. The molecule has 1 aliphatic heterocycles. The molecule has 2 aromatic carbocycles. The van der Waals surface area contributed by atoms with Crippen LogP contribution in [0, 0.1) is 5.92 Å². The Morgan fingerprint density at radius 2 is 1.65 bits per heavy atom. The van der Waals surface area contributed by atoms with Gasteiger partial charge in [0, 0.05) is 11.3 Å². The molecule has 3 rings (SSSR count). The lowest BCUT2D eigenvalue weighted by Gasteiger charge is -2.31. The van der Waals surface area contributed by atoms with Gasteiger partial charge >= 0.3 is 0 Å². The molecule has 2 amide bonds. The molecule has 0 spiro atoms. The third-order valence-electron chi connectivity index (χ3n) is 4.89. The quantitative estimate of drug-likeness (QED) is 0.840. The summed E-state index contributed by atoms with van der Waals surface area (Å²) in [6.07, 6.45) is 3.36. The van der Waals surface area contributed by atoms with E-state index in [0.717, 1.165) is 32.4 Å². The van der Waals surface area contributed by atoms with Crippen LogP contribution in [0.1, 0.15) is 28.8 Å². The second-order valence-corrected chi connectivity index (χ2v) is 6.90. The van der Waals surface area contributed by atoms with Gasteiger partial charge in [-0.05, 0) is 68.1 Å². The predicted octanol–water partition coefficient (Wildman–Crippen LogP) is 2.68. The van der Waals surface area contributed by atoms with Gasteiger partial charge in [0.15, 0.2) is 0 Å². The third kappa shape index (κ3) is 5.17. The van der Waals surface area contributed by atoms with Crippen molar-refractivity contribution in [2.75, 3.05) is 25.0 Å². The number of hydrogen-bond donors (Lipinski definition) is 2. The zero-order valence-corrected chi connectivity index (χ0v) is 14.9. The molecular weight excluding hydrogens is 326 g/mol. The number of anilines is 1. The number of nitrogens with two attached hydrogens (primary N) is 1. The highest BCUT2D eigenvalue weighted by Gasteiger charge is 2.21. The van der Waals surface area contributed by atoms with Crippen molar-refractivity contribution < 1.29 is 9.59 Å². The summed E-state index contributed by atoms with van der Waals surface area (Å²) in [6, 6.07) is 17.2. The smallest absolute Gasteiger partial charge is 0.248 e. The minimum atomic E-state index is -0.471. The lowest BCUT2D eigenvalue weighted by molar-refractivity contribution is -0.117. The lowest BCUT2D eigenvalue weighted by atomic mass is 9.90. The van der Waals surface area contributed by atoms with Crippen molar-refractivity contribution in [1.29, 1.82) is 0 Å². The monoisotopic (exact) mass is 351 g/mol. The number of carbonyl (C=O) groups is 2. The second-order valence-electron chi connectivity index (χ2n) is 6.90. The summed E-state index contributed by atoms with van der Waals surface area (Å²) >= 11 is 0. The number of carbonyl (C=O) groups excluding carboxylic acids is 2. The summed E-state index contributed by atoms with van der Waals surface area (Å²) in [6.45, 7) is 2.30. The highest BCUT2D eigenvalue weighted by molar-refractivity contribution is 5.95. The molecule has 2 aromatic rings. The Bertz CT molecular complexity index is 736. The van der Waals surface area contributed by atoms with E-state index in [1.165, 1.54) is 5.56 Å². The van der Waals surface area contributed by atoms with Crippen molar-refractivity contribution >= 4 is 17.5 Å². The van der Waals surface area contributed by atoms with Crippen LogP contribution in [0.25, 0.3) is 0 Å². The average molecular weight is 351 g/mol. The van der Waals surface area contributed by atoms with Crippen molar-refractivity contribution in [1.82, 2.24) is 4.90 Å². The van der Waals surface area contributed by atoms with Gasteiger partial charge in [-0.15, -0.1) is 0 Å². The van der Waals surface area contributed by atoms with E-state index in [2.05, 4.69) is 34.5 Å². The van der Waals surface area contributed by atoms with Crippen LogP contribution in [-0.2, 0) is 11.2 Å².